The van der Waals surface area contributed by atoms with Crippen molar-refractivity contribution in [2.45, 2.75) is 40.3 Å². The van der Waals surface area contributed by atoms with Crippen LogP contribution in [0.3, 0.4) is 0 Å². The number of aryl methyl sites for hydroxylation is 2. The van der Waals surface area contributed by atoms with Gasteiger partial charge in [-0.2, -0.15) is 5.10 Å². The molecule has 0 amide bonds. The van der Waals surface area contributed by atoms with E-state index >= 15 is 0 Å². The molecular weight excluding hydrogens is 176 g/mol. The first kappa shape index (κ1) is 10.8. The molecule has 14 heavy (non-hydrogen) atoms. The standard InChI is InChI=1S/C11H16N2O/c1-4-5-6-7-13-10(3)11(8-14)9(2)12-13/h14H,6-8H2,1-3H3. The number of aliphatic hydroxyl groups excluding tert-OH is 1. The van der Waals surface area contributed by atoms with Crippen LogP contribution in [0, 0.1) is 25.7 Å². The van der Waals surface area contributed by atoms with Crippen molar-refractivity contribution < 1.29 is 5.11 Å². The molecule has 1 aromatic rings. The summed E-state index contributed by atoms with van der Waals surface area (Å²) in [6, 6.07) is 0. The zero-order valence-corrected chi connectivity index (χ0v) is 8.96. The Labute approximate surface area is 84.8 Å². The van der Waals surface area contributed by atoms with E-state index in [1.165, 1.54) is 0 Å². The maximum Gasteiger partial charge on any atom is 0.0718 e. The van der Waals surface area contributed by atoms with Crippen molar-refractivity contribution in [1.82, 2.24) is 9.78 Å². The highest BCUT2D eigenvalue weighted by atomic mass is 16.3. The quantitative estimate of drug-likeness (QED) is 0.735. The molecule has 1 rings (SSSR count). The van der Waals surface area contributed by atoms with E-state index in [1.54, 1.807) is 0 Å². The Kier molecular flexibility index (Phi) is 3.73. The molecule has 76 valence electrons. The molecule has 0 aliphatic carbocycles. The van der Waals surface area contributed by atoms with Crippen LogP contribution >= 0.6 is 0 Å². The van der Waals surface area contributed by atoms with Crippen molar-refractivity contribution in [1.29, 1.82) is 0 Å². The van der Waals surface area contributed by atoms with Crippen LogP contribution in [0.1, 0.15) is 30.3 Å². The molecule has 0 spiro atoms. The van der Waals surface area contributed by atoms with E-state index in [9.17, 15) is 0 Å². The third-order valence-corrected chi connectivity index (χ3v) is 2.31. The number of aliphatic hydroxyl groups is 1. The van der Waals surface area contributed by atoms with Gasteiger partial charge in [-0.05, 0) is 20.8 Å². The molecule has 0 aliphatic rings. The van der Waals surface area contributed by atoms with Gasteiger partial charge in [0.2, 0.25) is 0 Å². The van der Waals surface area contributed by atoms with E-state index < -0.39 is 0 Å². The highest BCUT2D eigenvalue weighted by Gasteiger charge is 2.08. The maximum absolute atomic E-state index is 9.10. The van der Waals surface area contributed by atoms with Gasteiger partial charge in [-0.1, -0.05) is 0 Å². The molecule has 3 heteroatoms. The Bertz CT molecular complexity index is 369. The minimum absolute atomic E-state index is 0.0666. The smallest absolute Gasteiger partial charge is 0.0718 e. The lowest BCUT2D eigenvalue weighted by Crippen LogP contribution is -2.02. The van der Waals surface area contributed by atoms with Crippen LogP contribution in [-0.2, 0) is 13.2 Å². The number of hydrogen-bond donors (Lipinski definition) is 1. The molecule has 0 aliphatic heterocycles. The molecule has 0 radical (unpaired) electrons. The first-order valence-corrected chi connectivity index (χ1v) is 4.74. The van der Waals surface area contributed by atoms with Crippen molar-refractivity contribution in [2.75, 3.05) is 0 Å². The molecule has 0 unspecified atom stereocenters. The lowest BCUT2D eigenvalue weighted by molar-refractivity contribution is 0.280. The van der Waals surface area contributed by atoms with Gasteiger partial charge in [0.1, 0.15) is 0 Å². The average Bonchev–Trinajstić information content (AvgIpc) is 2.42. The lowest BCUT2D eigenvalue weighted by atomic mass is 10.2. The second kappa shape index (κ2) is 4.83. The summed E-state index contributed by atoms with van der Waals surface area (Å²) in [5.41, 5.74) is 2.90. The first-order valence-electron chi connectivity index (χ1n) is 4.74. The Morgan fingerprint density at radius 1 is 1.43 bits per heavy atom. The predicted octanol–water partition coefficient (Wildman–Crippen LogP) is 1.41. The van der Waals surface area contributed by atoms with Crippen LogP contribution in [-0.4, -0.2) is 14.9 Å². The number of rotatable bonds is 3. The minimum Gasteiger partial charge on any atom is -0.392 e. The Balaban J connectivity index is 2.81. The molecule has 0 bridgehead atoms. The highest BCUT2D eigenvalue weighted by molar-refractivity contribution is 5.23. The van der Waals surface area contributed by atoms with Gasteiger partial charge in [0, 0.05) is 17.7 Å². The van der Waals surface area contributed by atoms with E-state index in [-0.39, 0.29) is 6.61 Å². The van der Waals surface area contributed by atoms with Crippen molar-refractivity contribution in [3.8, 4) is 11.8 Å². The Morgan fingerprint density at radius 2 is 2.14 bits per heavy atom. The molecule has 0 aromatic carbocycles. The van der Waals surface area contributed by atoms with Crippen LogP contribution in [0.15, 0.2) is 0 Å². The van der Waals surface area contributed by atoms with E-state index in [0.29, 0.717) is 0 Å². The minimum atomic E-state index is 0.0666. The molecule has 0 saturated carbocycles. The van der Waals surface area contributed by atoms with E-state index in [0.717, 1.165) is 29.9 Å². The van der Waals surface area contributed by atoms with E-state index in [1.807, 2.05) is 25.5 Å². The fraction of sp³-hybridized carbons (Fsp3) is 0.545. The zero-order chi connectivity index (χ0) is 10.6. The van der Waals surface area contributed by atoms with Gasteiger partial charge in [-0.15, -0.1) is 11.8 Å². The molecular formula is C11H16N2O. The Hall–Kier alpha value is -1.27. The maximum atomic E-state index is 9.10. The average molecular weight is 192 g/mol. The number of nitrogens with zero attached hydrogens (tertiary/aromatic N) is 2. The van der Waals surface area contributed by atoms with E-state index in [2.05, 4.69) is 16.9 Å². The normalized spacial score (nSPS) is 9.71. The fourth-order valence-electron chi connectivity index (χ4n) is 1.47. The monoisotopic (exact) mass is 192 g/mol. The summed E-state index contributed by atoms with van der Waals surface area (Å²) in [5, 5.41) is 13.4. The van der Waals surface area contributed by atoms with Gasteiger partial charge in [0.25, 0.3) is 0 Å². The third-order valence-electron chi connectivity index (χ3n) is 2.31. The number of hydrogen-bond acceptors (Lipinski definition) is 2. The summed E-state index contributed by atoms with van der Waals surface area (Å²) < 4.78 is 1.91. The molecule has 3 nitrogen and oxygen atoms in total. The summed E-state index contributed by atoms with van der Waals surface area (Å²) in [4.78, 5) is 0. The summed E-state index contributed by atoms with van der Waals surface area (Å²) in [7, 11) is 0. The third kappa shape index (κ3) is 2.15. The molecule has 1 heterocycles. The van der Waals surface area contributed by atoms with Gasteiger partial charge in [-0.25, -0.2) is 0 Å². The van der Waals surface area contributed by atoms with Gasteiger partial charge in [0.15, 0.2) is 0 Å². The van der Waals surface area contributed by atoms with E-state index in [4.69, 9.17) is 5.11 Å². The van der Waals surface area contributed by atoms with Crippen LogP contribution in [0.4, 0.5) is 0 Å². The van der Waals surface area contributed by atoms with Gasteiger partial charge < -0.3 is 5.11 Å². The second-order valence-corrected chi connectivity index (χ2v) is 3.21. The van der Waals surface area contributed by atoms with Gasteiger partial charge in [0.05, 0.1) is 18.8 Å². The molecule has 0 fully saturated rings. The largest absolute Gasteiger partial charge is 0.392 e. The highest BCUT2D eigenvalue weighted by Crippen LogP contribution is 2.12. The Morgan fingerprint density at radius 3 is 2.64 bits per heavy atom. The number of aromatic nitrogens is 2. The molecule has 1 N–H and O–H groups in total. The van der Waals surface area contributed by atoms with Gasteiger partial charge in [-0.3, -0.25) is 4.68 Å². The predicted molar refractivity (Wildman–Crippen MR) is 55.7 cm³/mol. The van der Waals surface area contributed by atoms with Crippen LogP contribution in [0.25, 0.3) is 0 Å². The second-order valence-electron chi connectivity index (χ2n) is 3.21. The van der Waals surface area contributed by atoms with Crippen molar-refractivity contribution in [3.63, 3.8) is 0 Å². The summed E-state index contributed by atoms with van der Waals surface area (Å²) in [6.45, 7) is 6.59. The van der Waals surface area contributed by atoms with Crippen LogP contribution < -0.4 is 0 Å². The van der Waals surface area contributed by atoms with Crippen molar-refractivity contribution in [3.05, 3.63) is 17.0 Å². The van der Waals surface area contributed by atoms with Crippen LogP contribution in [0.2, 0.25) is 0 Å². The summed E-state index contributed by atoms with van der Waals surface area (Å²) >= 11 is 0. The van der Waals surface area contributed by atoms with Crippen molar-refractivity contribution >= 4 is 0 Å². The fourth-order valence-corrected chi connectivity index (χ4v) is 1.47. The SMILES string of the molecule is CC#CCCn1nc(C)c(CO)c1C. The molecule has 0 atom stereocenters. The lowest BCUT2D eigenvalue weighted by Gasteiger charge is -2.00. The van der Waals surface area contributed by atoms with Crippen molar-refractivity contribution in [2.24, 2.45) is 0 Å². The molecule has 0 saturated heterocycles. The van der Waals surface area contributed by atoms with Crippen LogP contribution in [0.5, 0.6) is 0 Å². The first-order chi connectivity index (χ1) is 6.70. The topological polar surface area (TPSA) is 38.0 Å². The van der Waals surface area contributed by atoms with Gasteiger partial charge >= 0.3 is 0 Å². The molecule has 1 aromatic heterocycles. The zero-order valence-electron chi connectivity index (χ0n) is 8.96. The summed E-state index contributed by atoms with van der Waals surface area (Å²) in [5.74, 6) is 5.85. The summed E-state index contributed by atoms with van der Waals surface area (Å²) in [6.07, 6.45) is 0.809.